The van der Waals surface area contributed by atoms with Crippen LogP contribution in [-0.2, 0) is 4.74 Å². The van der Waals surface area contributed by atoms with E-state index < -0.39 is 0 Å². The zero-order valence-electron chi connectivity index (χ0n) is 10.7. The Hall–Kier alpha value is -1.24. The quantitative estimate of drug-likeness (QED) is 0.908. The fourth-order valence-electron chi connectivity index (χ4n) is 2.18. The van der Waals surface area contributed by atoms with Crippen LogP contribution in [0.2, 0.25) is 5.02 Å². The SMILES string of the molecule is CC1(C)CCC(CNc2cc(C#N)ccc2Cl)O1. The smallest absolute Gasteiger partial charge is 0.0992 e. The molecular formula is C14H17ClN2O. The van der Waals surface area contributed by atoms with Gasteiger partial charge in [0.15, 0.2) is 0 Å². The zero-order valence-corrected chi connectivity index (χ0v) is 11.4. The monoisotopic (exact) mass is 264 g/mol. The largest absolute Gasteiger partial charge is 0.381 e. The third-order valence-corrected chi connectivity index (χ3v) is 3.50. The van der Waals surface area contributed by atoms with Crippen molar-refractivity contribution in [1.82, 2.24) is 0 Å². The number of rotatable bonds is 3. The number of ether oxygens (including phenoxy) is 1. The Balaban J connectivity index is 1.97. The number of hydrogen-bond donors (Lipinski definition) is 1. The van der Waals surface area contributed by atoms with Crippen LogP contribution >= 0.6 is 11.6 Å². The van der Waals surface area contributed by atoms with Crippen LogP contribution in [-0.4, -0.2) is 18.2 Å². The second-order valence-electron chi connectivity index (χ2n) is 5.23. The van der Waals surface area contributed by atoms with Gasteiger partial charge in [0.25, 0.3) is 0 Å². The predicted octanol–water partition coefficient (Wildman–Crippen LogP) is 3.58. The Morgan fingerprint density at radius 2 is 2.33 bits per heavy atom. The van der Waals surface area contributed by atoms with Crippen molar-refractivity contribution in [1.29, 1.82) is 5.26 Å². The highest BCUT2D eigenvalue weighted by Gasteiger charge is 2.31. The summed E-state index contributed by atoms with van der Waals surface area (Å²) in [6, 6.07) is 7.32. The van der Waals surface area contributed by atoms with Gasteiger partial charge in [-0.1, -0.05) is 11.6 Å². The van der Waals surface area contributed by atoms with E-state index in [0.29, 0.717) is 10.6 Å². The van der Waals surface area contributed by atoms with E-state index in [0.717, 1.165) is 25.1 Å². The van der Waals surface area contributed by atoms with Crippen molar-refractivity contribution in [2.75, 3.05) is 11.9 Å². The van der Waals surface area contributed by atoms with Crippen LogP contribution in [0.3, 0.4) is 0 Å². The molecule has 3 nitrogen and oxygen atoms in total. The molecule has 4 heteroatoms. The number of benzene rings is 1. The van der Waals surface area contributed by atoms with Gasteiger partial charge in [-0.2, -0.15) is 5.26 Å². The highest BCUT2D eigenvalue weighted by Crippen LogP contribution is 2.30. The molecule has 0 radical (unpaired) electrons. The van der Waals surface area contributed by atoms with Gasteiger partial charge < -0.3 is 10.1 Å². The maximum Gasteiger partial charge on any atom is 0.0992 e. The number of halogens is 1. The predicted molar refractivity (Wildman–Crippen MR) is 72.8 cm³/mol. The van der Waals surface area contributed by atoms with E-state index in [-0.39, 0.29) is 11.7 Å². The molecule has 0 spiro atoms. The number of hydrogen-bond acceptors (Lipinski definition) is 3. The average Bonchev–Trinajstić information content (AvgIpc) is 2.68. The molecule has 1 aromatic rings. The van der Waals surface area contributed by atoms with Gasteiger partial charge in [0, 0.05) is 6.54 Å². The Morgan fingerprint density at radius 3 is 2.94 bits per heavy atom. The van der Waals surface area contributed by atoms with Gasteiger partial charge in [-0.05, 0) is 44.9 Å². The van der Waals surface area contributed by atoms with Gasteiger partial charge in [0.1, 0.15) is 0 Å². The number of nitriles is 1. The van der Waals surface area contributed by atoms with Crippen LogP contribution in [0.25, 0.3) is 0 Å². The molecule has 0 aromatic heterocycles. The third-order valence-electron chi connectivity index (χ3n) is 3.17. The molecule has 1 heterocycles. The zero-order chi connectivity index (χ0) is 13.2. The van der Waals surface area contributed by atoms with E-state index in [1.165, 1.54) is 0 Å². The van der Waals surface area contributed by atoms with Crippen molar-refractivity contribution in [3.8, 4) is 6.07 Å². The fourth-order valence-corrected chi connectivity index (χ4v) is 2.36. The van der Waals surface area contributed by atoms with Crippen LogP contribution in [0.1, 0.15) is 32.3 Å². The third kappa shape index (κ3) is 3.16. The van der Waals surface area contributed by atoms with Gasteiger partial charge in [0.05, 0.1) is 34.0 Å². The summed E-state index contributed by atoms with van der Waals surface area (Å²) < 4.78 is 5.90. The summed E-state index contributed by atoms with van der Waals surface area (Å²) in [7, 11) is 0. The fraction of sp³-hybridized carbons (Fsp3) is 0.500. The first-order valence-corrected chi connectivity index (χ1v) is 6.49. The molecule has 1 fully saturated rings. The van der Waals surface area contributed by atoms with E-state index in [1.807, 2.05) is 0 Å². The highest BCUT2D eigenvalue weighted by molar-refractivity contribution is 6.33. The molecule has 0 amide bonds. The lowest BCUT2D eigenvalue weighted by Crippen LogP contribution is -2.24. The molecule has 2 rings (SSSR count). The van der Waals surface area contributed by atoms with Gasteiger partial charge in [-0.15, -0.1) is 0 Å². The van der Waals surface area contributed by atoms with Crippen molar-refractivity contribution >= 4 is 17.3 Å². The topological polar surface area (TPSA) is 45.0 Å². The summed E-state index contributed by atoms with van der Waals surface area (Å²) >= 11 is 6.08. The summed E-state index contributed by atoms with van der Waals surface area (Å²) in [5.74, 6) is 0. The molecule has 18 heavy (non-hydrogen) atoms. The van der Waals surface area contributed by atoms with Gasteiger partial charge in [0.2, 0.25) is 0 Å². The Morgan fingerprint density at radius 1 is 1.56 bits per heavy atom. The first-order chi connectivity index (χ1) is 8.50. The van der Waals surface area contributed by atoms with E-state index in [2.05, 4.69) is 25.2 Å². The summed E-state index contributed by atoms with van der Waals surface area (Å²) in [5.41, 5.74) is 1.38. The maximum absolute atomic E-state index is 8.86. The molecule has 0 saturated carbocycles. The van der Waals surface area contributed by atoms with E-state index >= 15 is 0 Å². The van der Waals surface area contributed by atoms with E-state index in [9.17, 15) is 0 Å². The molecule has 96 valence electrons. The van der Waals surface area contributed by atoms with Crippen molar-refractivity contribution in [3.63, 3.8) is 0 Å². The van der Waals surface area contributed by atoms with Crippen LogP contribution in [0, 0.1) is 11.3 Å². The summed E-state index contributed by atoms with van der Waals surface area (Å²) in [6.45, 7) is 4.94. The number of nitrogens with zero attached hydrogens (tertiary/aromatic N) is 1. The normalized spacial score (nSPS) is 21.6. The van der Waals surface area contributed by atoms with Gasteiger partial charge >= 0.3 is 0 Å². The van der Waals surface area contributed by atoms with Crippen LogP contribution in [0.15, 0.2) is 18.2 Å². The second-order valence-corrected chi connectivity index (χ2v) is 5.63. The minimum Gasteiger partial charge on any atom is -0.381 e. The van der Waals surface area contributed by atoms with E-state index in [1.54, 1.807) is 18.2 Å². The first kappa shape index (κ1) is 13.2. The minimum absolute atomic E-state index is 0.0232. The molecule has 1 unspecified atom stereocenters. The molecular weight excluding hydrogens is 248 g/mol. The molecule has 1 N–H and O–H groups in total. The average molecular weight is 265 g/mol. The number of anilines is 1. The molecule has 1 aromatic carbocycles. The highest BCUT2D eigenvalue weighted by atomic mass is 35.5. The van der Waals surface area contributed by atoms with Crippen LogP contribution < -0.4 is 5.32 Å². The first-order valence-electron chi connectivity index (χ1n) is 6.11. The van der Waals surface area contributed by atoms with Crippen LogP contribution in [0.5, 0.6) is 0 Å². The standard InChI is InChI=1S/C14H17ClN2O/c1-14(2)6-5-11(18-14)9-17-13-7-10(8-16)3-4-12(13)15/h3-4,7,11,17H,5-6,9H2,1-2H3. The number of nitrogens with one attached hydrogen (secondary N) is 1. The van der Waals surface area contributed by atoms with Crippen LogP contribution in [0.4, 0.5) is 5.69 Å². The van der Waals surface area contributed by atoms with Gasteiger partial charge in [-0.3, -0.25) is 0 Å². The lowest BCUT2D eigenvalue weighted by atomic mass is 10.1. The van der Waals surface area contributed by atoms with E-state index in [4.69, 9.17) is 21.6 Å². The second kappa shape index (κ2) is 5.17. The molecule has 1 aliphatic rings. The summed E-state index contributed by atoms with van der Waals surface area (Å²) in [4.78, 5) is 0. The Bertz CT molecular complexity index is 479. The molecule has 1 aliphatic heterocycles. The maximum atomic E-state index is 8.86. The van der Waals surface area contributed by atoms with Crippen molar-refractivity contribution in [2.45, 2.75) is 38.4 Å². The molecule has 1 saturated heterocycles. The molecule has 1 atom stereocenters. The minimum atomic E-state index is -0.0232. The molecule has 0 aliphatic carbocycles. The van der Waals surface area contributed by atoms with Gasteiger partial charge in [-0.25, -0.2) is 0 Å². The Labute approximate surface area is 113 Å². The van der Waals surface area contributed by atoms with Crippen molar-refractivity contribution in [2.24, 2.45) is 0 Å². The summed E-state index contributed by atoms with van der Waals surface area (Å²) in [6.07, 6.45) is 2.34. The lowest BCUT2D eigenvalue weighted by Gasteiger charge is -2.20. The Kier molecular flexibility index (Phi) is 3.79. The van der Waals surface area contributed by atoms with Crippen molar-refractivity contribution in [3.05, 3.63) is 28.8 Å². The van der Waals surface area contributed by atoms with Crippen molar-refractivity contribution < 1.29 is 4.74 Å². The summed E-state index contributed by atoms with van der Waals surface area (Å²) in [5, 5.41) is 12.7. The lowest BCUT2D eigenvalue weighted by molar-refractivity contribution is -0.00910. The molecule has 0 bridgehead atoms.